The largest absolute Gasteiger partial charge is 0.322 e. The summed E-state index contributed by atoms with van der Waals surface area (Å²) in [6.45, 7) is 1.91. The van der Waals surface area contributed by atoms with Gasteiger partial charge in [0.1, 0.15) is 6.54 Å². The molecule has 7 heteroatoms. The fourth-order valence-electron chi connectivity index (χ4n) is 3.18. The maximum absolute atomic E-state index is 12.6. The Hall–Kier alpha value is -2.89. The minimum atomic E-state index is -0.286. The molecule has 140 valence electrons. The predicted molar refractivity (Wildman–Crippen MR) is 113 cm³/mol. The number of rotatable bonds is 4. The zero-order valence-electron chi connectivity index (χ0n) is 15.0. The van der Waals surface area contributed by atoms with E-state index in [-0.39, 0.29) is 12.5 Å². The average Bonchev–Trinajstić information content (AvgIpc) is 3.01. The fraction of sp³-hybridized carbons (Fsp3) is 0.0952. The van der Waals surface area contributed by atoms with Gasteiger partial charge in [0.05, 0.1) is 21.4 Å². The molecule has 28 heavy (non-hydrogen) atoms. The Kier molecular flexibility index (Phi) is 5.03. The quantitative estimate of drug-likeness (QED) is 0.492. The molecule has 0 saturated heterocycles. The molecule has 0 spiro atoms. The number of nitrogens with one attached hydrogen (secondary N) is 1. The van der Waals surface area contributed by atoms with Gasteiger partial charge in [-0.25, -0.2) is 9.67 Å². The summed E-state index contributed by atoms with van der Waals surface area (Å²) in [5.41, 5.74) is 3.96. The van der Waals surface area contributed by atoms with Crippen LogP contribution in [0.4, 0.5) is 5.69 Å². The van der Waals surface area contributed by atoms with Crippen LogP contribution in [0.3, 0.4) is 0 Å². The van der Waals surface area contributed by atoms with E-state index in [4.69, 9.17) is 23.2 Å². The lowest BCUT2D eigenvalue weighted by Crippen LogP contribution is -2.20. The van der Waals surface area contributed by atoms with Crippen LogP contribution in [0.2, 0.25) is 10.0 Å². The van der Waals surface area contributed by atoms with Crippen molar-refractivity contribution < 1.29 is 4.79 Å². The lowest BCUT2D eigenvalue weighted by Gasteiger charge is -2.09. The molecule has 2 aromatic carbocycles. The van der Waals surface area contributed by atoms with E-state index in [1.54, 1.807) is 29.1 Å². The molecular weight excluding hydrogens is 395 g/mol. The number of pyridine rings is 1. The van der Waals surface area contributed by atoms with Crippen LogP contribution in [0.5, 0.6) is 0 Å². The van der Waals surface area contributed by atoms with E-state index in [0.717, 1.165) is 22.2 Å². The summed E-state index contributed by atoms with van der Waals surface area (Å²) >= 11 is 12.3. The van der Waals surface area contributed by atoms with Crippen molar-refractivity contribution in [1.82, 2.24) is 14.8 Å². The molecule has 0 radical (unpaired) electrons. The molecular formula is C21H16Cl2N4O. The zero-order chi connectivity index (χ0) is 19.7. The molecule has 0 atom stereocenters. The third-order valence-electron chi connectivity index (χ3n) is 4.41. The Labute approximate surface area is 171 Å². The highest BCUT2D eigenvalue weighted by Crippen LogP contribution is 2.31. The molecule has 1 amide bonds. The lowest BCUT2D eigenvalue weighted by molar-refractivity contribution is -0.116. The van der Waals surface area contributed by atoms with Crippen LogP contribution in [0.1, 0.15) is 5.69 Å². The number of para-hydroxylation sites is 1. The number of anilines is 1. The number of amides is 1. The van der Waals surface area contributed by atoms with Crippen LogP contribution < -0.4 is 5.32 Å². The van der Waals surface area contributed by atoms with Crippen molar-refractivity contribution in [2.75, 3.05) is 5.32 Å². The number of hydrogen-bond donors (Lipinski definition) is 1. The number of halogens is 2. The van der Waals surface area contributed by atoms with Gasteiger partial charge in [-0.3, -0.25) is 4.79 Å². The SMILES string of the molecule is Cc1nn(CC(=O)Nc2c(Cl)cccc2Cl)c2nccc(-c3ccccc3)c12. The van der Waals surface area contributed by atoms with Crippen LogP contribution in [0, 0.1) is 6.92 Å². The number of hydrogen-bond acceptors (Lipinski definition) is 3. The van der Waals surface area contributed by atoms with E-state index >= 15 is 0 Å². The second kappa shape index (κ2) is 7.62. The molecule has 0 fully saturated rings. The first-order chi connectivity index (χ1) is 13.5. The maximum Gasteiger partial charge on any atom is 0.246 e. The summed E-state index contributed by atoms with van der Waals surface area (Å²) < 4.78 is 1.59. The summed E-state index contributed by atoms with van der Waals surface area (Å²) in [5.74, 6) is -0.286. The maximum atomic E-state index is 12.6. The third-order valence-corrected chi connectivity index (χ3v) is 5.04. The molecule has 0 aliphatic heterocycles. The molecule has 0 aliphatic carbocycles. The van der Waals surface area contributed by atoms with E-state index in [0.29, 0.717) is 21.4 Å². The standard InChI is InChI=1S/C21H16Cl2N4O/c1-13-19-15(14-6-3-2-4-7-14)10-11-24-21(19)27(26-13)12-18(28)25-20-16(22)8-5-9-17(20)23/h2-11H,12H2,1H3,(H,25,28). The first-order valence-corrected chi connectivity index (χ1v) is 9.41. The van der Waals surface area contributed by atoms with E-state index in [1.165, 1.54) is 0 Å². The minimum absolute atomic E-state index is 0.00284. The molecule has 0 unspecified atom stereocenters. The molecule has 1 N–H and O–H groups in total. The van der Waals surface area contributed by atoms with E-state index in [9.17, 15) is 4.79 Å². The Morgan fingerprint density at radius 3 is 2.46 bits per heavy atom. The second-order valence-corrected chi connectivity index (χ2v) is 7.13. The Bertz CT molecular complexity index is 1150. The zero-order valence-corrected chi connectivity index (χ0v) is 16.5. The number of benzene rings is 2. The molecule has 2 aromatic heterocycles. The van der Waals surface area contributed by atoms with Crippen molar-refractivity contribution in [1.29, 1.82) is 0 Å². The molecule has 4 rings (SSSR count). The number of aromatic nitrogens is 3. The van der Waals surface area contributed by atoms with Crippen molar-refractivity contribution in [3.63, 3.8) is 0 Å². The van der Waals surface area contributed by atoms with Gasteiger partial charge in [-0.1, -0.05) is 59.6 Å². The monoisotopic (exact) mass is 410 g/mol. The number of nitrogens with zero attached hydrogens (tertiary/aromatic N) is 3. The van der Waals surface area contributed by atoms with Gasteiger partial charge in [0.15, 0.2) is 5.65 Å². The lowest BCUT2D eigenvalue weighted by atomic mass is 10.0. The first-order valence-electron chi connectivity index (χ1n) is 8.66. The van der Waals surface area contributed by atoms with Gasteiger partial charge in [0.25, 0.3) is 0 Å². The number of carbonyl (C=O) groups excluding carboxylic acids is 1. The predicted octanol–water partition coefficient (Wildman–Crippen LogP) is 5.35. The number of aryl methyl sites for hydroxylation is 1. The van der Waals surface area contributed by atoms with Crippen molar-refractivity contribution >= 4 is 45.8 Å². The van der Waals surface area contributed by atoms with Gasteiger partial charge in [-0.15, -0.1) is 0 Å². The highest BCUT2D eigenvalue weighted by atomic mass is 35.5. The molecule has 5 nitrogen and oxygen atoms in total. The highest BCUT2D eigenvalue weighted by Gasteiger charge is 2.17. The van der Waals surface area contributed by atoms with Gasteiger partial charge in [0.2, 0.25) is 5.91 Å². The van der Waals surface area contributed by atoms with Gasteiger partial charge in [-0.05, 0) is 36.2 Å². The van der Waals surface area contributed by atoms with Gasteiger partial charge in [-0.2, -0.15) is 5.10 Å². The molecule has 4 aromatic rings. The van der Waals surface area contributed by atoms with Crippen LogP contribution in [0.15, 0.2) is 60.8 Å². The summed E-state index contributed by atoms with van der Waals surface area (Å²) in [5, 5.41) is 8.98. The van der Waals surface area contributed by atoms with Gasteiger partial charge in [0, 0.05) is 11.6 Å². The van der Waals surface area contributed by atoms with E-state index < -0.39 is 0 Å². The van der Waals surface area contributed by atoms with Gasteiger partial charge >= 0.3 is 0 Å². The first kappa shape index (κ1) is 18.5. The number of fused-ring (bicyclic) bond motifs is 1. The molecule has 0 saturated carbocycles. The smallest absolute Gasteiger partial charge is 0.246 e. The highest BCUT2D eigenvalue weighted by molar-refractivity contribution is 6.39. The van der Waals surface area contributed by atoms with Gasteiger partial charge < -0.3 is 5.32 Å². The van der Waals surface area contributed by atoms with Crippen molar-refractivity contribution in [2.45, 2.75) is 13.5 Å². The van der Waals surface area contributed by atoms with E-state index in [1.807, 2.05) is 43.3 Å². The topological polar surface area (TPSA) is 59.8 Å². The summed E-state index contributed by atoms with van der Waals surface area (Å²) in [6, 6.07) is 17.1. The van der Waals surface area contributed by atoms with Crippen molar-refractivity contribution in [3.8, 4) is 11.1 Å². The van der Waals surface area contributed by atoms with Crippen molar-refractivity contribution in [2.24, 2.45) is 0 Å². The minimum Gasteiger partial charge on any atom is -0.322 e. The van der Waals surface area contributed by atoms with E-state index in [2.05, 4.69) is 15.4 Å². The number of carbonyl (C=O) groups is 1. The molecule has 2 heterocycles. The Morgan fingerprint density at radius 2 is 1.75 bits per heavy atom. The van der Waals surface area contributed by atoms with Crippen LogP contribution in [-0.4, -0.2) is 20.7 Å². The average molecular weight is 411 g/mol. The molecule has 0 bridgehead atoms. The van der Waals surface area contributed by atoms with Crippen LogP contribution in [0.25, 0.3) is 22.2 Å². The van der Waals surface area contributed by atoms with Crippen molar-refractivity contribution in [3.05, 3.63) is 76.5 Å². The fourth-order valence-corrected chi connectivity index (χ4v) is 3.67. The second-order valence-electron chi connectivity index (χ2n) is 6.31. The summed E-state index contributed by atoms with van der Waals surface area (Å²) in [4.78, 5) is 17.0. The Balaban J connectivity index is 1.68. The Morgan fingerprint density at radius 1 is 1.04 bits per heavy atom. The normalized spacial score (nSPS) is 11.0. The van der Waals surface area contributed by atoms with Crippen LogP contribution in [-0.2, 0) is 11.3 Å². The summed E-state index contributed by atoms with van der Waals surface area (Å²) in [7, 11) is 0. The summed E-state index contributed by atoms with van der Waals surface area (Å²) in [6.07, 6.45) is 1.73. The molecule has 0 aliphatic rings. The van der Waals surface area contributed by atoms with Crippen LogP contribution >= 0.6 is 23.2 Å². The third kappa shape index (κ3) is 3.46.